The molecule has 12 nitrogen and oxygen atoms in total. The summed E-state index contributed by atoms with van der Waals surface area (Å²) in [5, 5.41) is 1.51. The van der Waals surface area contributed by atoms with Crippen molar-refractivity contribution in [2.75, 3.05) is 76.9 Å². The Morgan fingerprint density at radius 2 is 1.69 bits per heavy atom. The summed E-state index contributed by atoms with van der Waals surface area (Å²) >= 11 is 0. The van der Waals surface area contributed by atoms with E-state index in [2.05, 4.69) is 19.8 Å². The first-order valence-electron chi connectivity index (χ1n) is 18.3. The molecule has 1 amide bonds. The Bertz CT molecular complexity index is 1650. The van der Waals surface area contributed by atoms with Crippen LogP contribution in [0.15, 0.2) is 30.7 Å². The minimum Gasteiger partial charge on any atom is -0.451 e. The smallest absolute Gasteiger partial charge is 0.282 e. The van der Waals surface area contributed by atoms with E-state index in [9.17, 15) is 17.6 Å². The van der Waals surface area contributed by atoms with E-state index >= 15 is 0 Å². The van der Waals surface area contributed by atoms with Crippen molar-refractivity contribution in [3.05, 3.63) is 42.1 Å². The molecular formula is C35H51FN8O4S. The van der Waals surface area contributed by atoms with Crippen molar-refractivity contribution in [3.63, 3.8) is 0 Å². The maximum atomic E-state index is 14.4. The monoisotopic (exact) mass is 699 g/mol. The number of hydrogen-bond acceptors (Lipinski definition) is 9. The van der Waals surface area contributed by atoms with Crippen LogP contribution < -0.4 is 14.9 Å². The lowest BCUT2D eigenvalue weighted by Gasteiger charge is -2.56. The number of anilines is 1. The number of likely N-dealkylation sites (tertiary alicyclic amines) is 1. The molecule has 0 saturated carbocycles. The third kappa shape index (κ3) is 6.78. The second-order valence-electron chi connectivity index (χ2n) is 15.7. The van der Waals surface area contributed by atoms with Gasteiger partial charge < -0.3 is 24.7 Å². The van der Waals surface area contributed by atoms with Crippen molar-refractivity contribution in [2.24, 2.45) is 16.7 Å². The minimum atomic E-state index is -3.41. The van der Waals surface area contributed by atoms with Gasteiger partial charge in [-0.05, 0) is 90.6 Å². The second-order valence-corrected chi connectivity index (χ2v) is 17.6. The van der Waals surface area contributed by atoms with Crippen LogP contribution in [0.4, 0.5) is 10.2 Å². The number of amides is 1. The van der Waals surface area contributed by atoms with Gasteiger partial charge in [0.05, 0.1) is 11.8 Å². The van der Waals surface area contributed by atoms with E-state index in [4.69, 9.17) is 6.15 Å². The Balaban J connectivity index is 0.903. The summed E-state index contributed by atoms with van der Waals surface area (Å²) in [7, 11) is -3.41. The number of carbonyl (C=O) groups is 1. The number of aromatic nitrogens is 2. The average Bonchev–Trinajstić information content (AvgIpc) is 3.02. The number of rotatable bonds is 10. The quantitative estimate of drug-likeness (QED) is 0.399. The Hall–Kier alpha value is -2.91. The highest BCUT2D eigenvalue weighted by Gasteiger charge is 2.53. The zero-order valence-corrected chi connectivity index (χ0v) is 30.0. The Morgan fingerprint density at radius 1 is 1.02 bits per heavy atom. The number of ether oxygens (including phenoxy) is 1. The number of benzene rings is 1. The standard InChI is InChI=1S/C35H51FN8O4S/c1-25(2)44(26(3)4)33(45)29-15-28(36)5-6-30(29)48-31-16-37-24-39-32(31)41-20-34(21-41)9-13-40(14-10-34)17-27-7-11-42(12-8-27)49(46,47)43-22-35(23-43)18-38-19-35/h5-6,15-16,24-27,38H,7-14,17-23H2,1-4H3/i/hD. The zero-order chi connectivity index (χ0) is 35.4. The van der Waals surface area contributed by atoms with E-state index in [0.717, 1.165) is 58.4 Å². The van der Waals surface area contributed by atoms with Crippen molar-refractivity contribution in [2.45, 2.75) is 65.5 Å². The lowest BCUT2D eigenvalue weighted by molar-refractivity contribution is 0.0110. The second kappa shape index (κ2) is 13.3. The van der Waals surface area contributed by atoms with Gasteiger partial charge in [0.1, 0.15) is 19.3 Å². The van der Waals surface area contributed by atoms with Crippen LogP contribution in [0.1, 0.15) is 63.7 Å². The average molecular weight is 700 g/mol. The third-order valence-electron chi connectivity index (χ3n) is 11.3. The number of piperidine rings is 2. The van der Waals surface area contributed by atoms with Gasteiger partial charge in [-0.15, -0.1) is 0 Å². The maximum Gasteiger partial charge on any atom is 0.282 e. The summed E-state index contributed by atoms with van der Waals surface area (Å²) < 4.78 is 58.0. The highest BCUT2D eigenvalue weighted by Crippen LogP contribution is 2.45. The largest absolute Gasteiger partial charge is 0.451 e. The summed E-state index contributed by atoms with van der Waals surface area (Å²) in [5.41, 5.74) is 0.385. The fraction of sp³-hybridized carbons (Fsp3) is 0.686. The Labute approximate surface area is 291 Å². The molecule has 0 unspecified atom stereocenters. The fourth-order valence-corrected chi connectivity index (χ4v) is 10.4. The number of nitrogens with one attached hydrogen (secondary N) is 1. The third-order valence-corrected chi connectivity index (χ3v) is 13.3. The maximum absolute atomic E-state index is 14.4. The van der Waals surface area contributed by atoms with Crippen molar-refractivity contribution in [1.82, 2.24) is 33.7 Å². The summed E-state index contributed by atoms with van der Waals surface area (Å²) in [6.45, 7) is 16.1. The van der Waals surface area contributed by atoms with Gasteiger partial charge in [0.2, 0.25) is 0 Å². The van der Waals surface area contributed by atoms with Crippen LogP contribution in [-0.4, -0.2) is 127 Å². The number of hydrogen-bond donors (Lipinski definition) is 1. The molecule has 5 saturated heterocycles. The molecule has 5 fully saturated rings. The molecule has 7 rings (SSSR count). The zero-order valence-electron chi connectivity index (χ0n) is 30.2. The molecule has 1 aromatic heterocycles. The van der Waals surface area contributed by atoms with Crippen LogP contribution in [0.5, 0.6) is 11.5 Å². The molecule has 1 aromatic carbocycles. The molecule has 0 radical (unpaired) electrons. The summed E-state index contributed by atoms with van der Waals surface area (Å²) in [5.74, 6) is 1.09. The minimum absolute atomic E-state index is 0.0138. The molecule has 0 aliphatic carbocycles. The van der Waals surface area contributed by atoms with Gasteiger partial charge in [0, 0.05) is 81.8 Å². The first-order chi connectivity index (χ1) is 23.8. The van der Waals surface area contributed by atoms with Crippen molar-refractivity contribution < 1.29 is 23.8 Å². The molecule has 5 aliphatic heterocycles. The molecule has 6 heterocycles. The molecule has 268 valence electrons. The molecule has 2 aromatic rings. The highest BCUT2D eigenvalue weighted by atomic mass is 32.2. The van der Waals surface area contributed by atoms with Crippen LogP contribution in [0.2, 0.25) is 1.41 Å². The van der Waals surface area contributed by atoms with Crippen LogP contribution >= 0.6 is 0 Å². The van der Waals surface area contributed by atoms with Gasteiger partial charge in [-0.2, -0.15) is 17.0 Å². The van der Waals surface area contributed by atoms with E-state index < -0.39 is 16.0 Å². The summed E-state index contributed by atoms with van der Waals surface area (Å²) in [4.78, 5) is 28.8. The fourth-order valence-electron chi connectivity index (χ4n) is 8.48. The van der Waals surface area contributed by atoms with Crippen LogP contribution in [-0.2, 0) is 10.2 Å². The van der Waals surface area contributed by atoms with Crippen LogP contribution in [0.25, 0.3) is 0 Å². The predicted molar refractivity (Wildman–Crippen MR) is 185 cm³/mol. The first kappa shape index (κ1) is 33.2. The Kier molecular flexibility index (Phi) is 9.04. The number of nitrogens with zero attached hydrogens (tertiary/aromatic N) is 7. The topological polar surface area (TPSA) is 114 Å². The van der Waals surface area contributed by atoms with Crippen molar-refractivity contribution >= 4 is 21.9 Å². The van der Waals surface area contributed by atoms with E-state index in [-0.39, 0.29) is 40.1 Å². The van der Waals surface area contributed by atoms with Crippen molar-refractivity contribution in [3.8, 4) is 11.5 Å². The SMILES string of the molecule is [2H]N1CC2(C1)CN(S(=O)(=O)N1CCC(CN3CCC4(CC3)CN(c3ncncc3Oc3ccc(F)cc3C(=O)N(C(C)C)C(C)C)C4)CC1)C2. The molecule has 5 aliphatic rings. The van der Waals surface area contributed by atoms with E-state index in [1.165, 1.54) is 29.8 Å². The van der Waals surface area contributed by atoms with Gasteiger partial charge in [-0.1, -0.05) is 0 Å². The van der Waals surface area contributed by atoms with E-state index in [1.807, 2.05) is 27.7 Å². The predicted octanol–water partition coefficient (Wildman–Crippen LogP) is 3.43. The molecule has 49 heavy (non-hydrogen) atoms. The van der Waals surface area contributed by atoms with Gasteiger partial charge in [0.15, 0.2) is 11.6 Å². The lowest BCUT2D eigenvalue weighted by Crippen LogP contribution is -2.73. The molecule has 1 N–H and O–H groups in total. The summed E-state index contributed by atoms with van der Waals surface area (Å²) in [6.07, 6.45) is 7.05. The molecule has 0 bridgehead atoms. The van der Waals surface area contributed by atoms with Gasteiger partial charge in [-0.25, -0.2) is 14.4 Å². The normalized spacial score (nSPS) is 23.7. The Morgan fingerprint density at radius 3 is 2.33 bits per heavy atom. The highest BCUT2D eigenvalue weighted by molar-refractivity contribution is 7.86. The molecule has 14 heteroatoms. The summed E-state index contributed by atoms with van der Waals surface area (Å²) in [6, 6.07) is 3.90. The van der Waals surface area contributed by atoms with E-state index in [0.29, 0.717) is 56.8 Å². The first-order valence-corrected chi connectivity index (χ1v) is 19.2. The van der Waals surface area contributed by atoms with Crippen LogP contribution in [0, 0.1) is 22.6 Å². The van der Waals surface area contributed by atoms with E-state index in [1.54, 1.807) is 19.7 Å². The molecule has 0 atom stereocenters. The number of halogens is 1. The van der Waals surface area contributed by atoms with Gasteiger partial charge >= 0.3 is 0 Å². The lowest BCUT2D eigenvalue weighted by atomic mass is 9.72. The molecular weight excluding hydrogens is 648 g/mol. The van der Waals surface area contributed by atoms with Gasteiger partial charge in [0.25, 0.3) is 16.1 Å². The van der Waals surface area contributed by atoms with Crippen LogP contribution in [0.3, 0.4) is 0 Å². The molecule has 2 spiro atoms. The van der Waals surface area contributed by atoms with Gasteiger partial charge in [-0.3, -0.25) is 4.79 Å². The van der Waals surface area contributed by atoms with Crippen molar-refractivity contribution in [1.29, 1.82) is 0 Å². The number of carbonyl (C=O) groups excluding carboxylic acids is 1.